The highest BCUT2D eigenvalue weighted by Crippen LogP contribution is 2.33. The molecular weight excluding hydrogens is 300 g/mol. The quantitative estimate of drug-likeness (QED) is 0.878. The molecule has 1 saturated carbocycles. The lowest BCUT2D eigenvalue weighted by Crippen LogP contribution is -2.38. The molecule has 1 fully saturated rings. The Morgan fingerprint density at radius 1 is 1.42 bits per heavy atom. The van der Waals surface area contributed by atoms with Crippen LogP contribution in [0.4, 0.5) is 0 Å². The van der Waals surface area contributed by atoms with Crippen LogP contribution in [0.1, 0.15) is 44.6 Å². The first-order valence-electron chi connectivity index (χ1n) is 7.49. The van der Waals surface area contributed by atoms with Crippen LogP contribution in [0.15, 0.2) is 22.9 Å². The third-order valence-electron chi connectivity index (χ3n) is 4.56. The van der Waals surface area contributed by atoms with E-state index in [0.717, 1.165) is 22.7 Å². The van der Waals surface area contributed by atoms with Crippen LogP contribution in [0.3, 0.4) is 0 Å². The zero-order valence-electron chi connectivity index (χ0n) is 12.0. The van der Waals surface area contributed by atoms with Crippen molar-refractivity contribution in [2.75, 3.05) is 7.05 Å². The maximum Gasteiger partial charge on any atom is 0.0410 e. The SMILES string of the molecule is CCC1CCCC(C(Cc2cncc(Br)c2)NC)C1. The summed E-state index contributed by atoms with van der Waals surface area (Å²) in [6.07, 6.45) is 11.9. The lowest BCUT2D eigenvalue weighted by molar-refractivity contribution is 0.212. The molecule has 1 aromatic heterocycles. The van der Waals surface area contributed by atoms with Crippen molar-refractivity contribution < 1.29 is 0 Å². The Morgan fingerprint density at radius 2 is 2.26 bits per heavy atom. The number of hydrogen-bond acceptors (Lipinski definition) is 2. The highest BCUT2D eigenvalue weighted by molar-refractivity contribution is 9.10. The van der Waals surface area contributed by atoms with Gasteiger partial charge in [-0.1, -0.05) is 26.2 Å². The van der Waals surface area contributed by atoms with Crippen molar-refractivity contribution in [3.8, 4) is 0 Å². The normalized spacial score (nSPS) is 25.2. The molecule has 106 valence electrons. The topological polar surface area (TPSA) is 24.9 Å². The van der Waals surface area contributed by atoms with Crippen molar-refractivity contribution in [1.29, 1.82) is 0 Å². The maximum atomic E-state index is 4.27. The molecule has 1 N–H and O–H groups in total. The van der Waals surface area contributed by atoms with Gasteiger partial charge in [-0.15, -0.1) is 0 Å². The summed E-state index contributed by atoms with van der Waals surface area (Å²) >= 11 is 3.51. The third kappa shape index (κ3) is 4.28. The van der Waals surface area contributed by atoms with E-state index in [2.05, 4.69) is 46.3 Å². The van der Waals surface area contributed by atoms with Gasteiger partial charge in [-0.3, -0.25) is 4.98 Å². The van der Waals surface area contributed by atoms with Crippen LogP contribution < -0.4 is 5.32 Å². The molecule has 0 aromatic carbocycles. The van der Waals surface area contributed by atoms with E-state index in [0.29, 0.717) is 6.04 Å². The lowest BCUT2D eigenvalue weighted by Gasteiger charge is -2.34. The molecule has 0 saturated heterocycles. The van der Waals surface area contributed by atoms with E-state index in [1.54, 1.807) is 0 Å². The van der Waals surface area contributed by atoms with Crippen molar-refractivity contribution in [2.24, 2.45) is 11.8 Å². The Balaban J connectivity index is 1.99. The zero-order chi connectivity index (χ0) is 13.7. The molecule has 1 aromatic rings. The summed E-state index contributed by atoms with van der Waals surface area (Å²) in [5, 5.41) is 3.54. The highest BCUT2D eigenvalue weighted by atomic mass is 79.9. The van der Waals surface area contributed by atoms with Crippen molar-refractivity contribution in [2.45, 2.75) is 51.5 Å². The molecule has 0 radical (unpaired) electrons. The monoisotopic (exact) mass is 324 g/mol. The minimum atomic E-state index is 0.588. The Labute approximate surface area is 125 Å². The van der Waals surface area contributed by atoms with Crippen LogP contribution in [0.2, 0.25) is 0 Å². The van der Waals surface area contributed by atoms with E-state index in [9.17, 15) is 0 Å². The second kappa shape index (κ2) is 7.39. The average Bonchev–Trinajstić information content (AvgIpc) is 2.45. The molecule has 3 heteroatoms. The van der Waals surface area contributed by atoms with Gasteiger partial charge in [0.2, 0.25) is 0 Å². The molecule has 19 heavy (non-hydrogen) atoms. The van der Waals surface area contributed by atoms with Crippen LogP contribution in [0.25, 0.3) is 0 Å². The number of aromatic nitrogens is 1. The average molecular weight is 325 g/mol. The van der Waals surface area contributed by atoms with Gasteiger partial charge >= 0.3 is 0 Å². The predicted molar refractivity (Wildman–Crippen MR) is 84.2 cm³/mol. The van der Waals surface area contributed by atoms with Gasteiger partial charge in [-0.25, -0.2) is 0 Å². The zero-order valence-corrected chi connectivity index (χ0v) is 13.6. The van der Waals surface area contributed by atoms with E-state index in [-0.39, 0.29) is 0 Å². The first-order chi connectivity index (χ1) is 9.22. The van der Waals surface area contributed by atoms with E-state index >= 15 is 0 Å². The number of likely N-dealkylation sites (N-methyl/N-ethyl adjacent to an activating group) is 1. The van der Waals surface area contributed by atoms with E-state index in [4.69, 9.17) is 0 Å². The number of rotatable bonds is 5. The first-order valence-corrected chi connectivity index (χ1v) is 8.29. The Hall–Kier alpha value is -0.410. The van der Waals surface area contributed by atoms with Crippen LogP contribution in [-0.4, -0.2) is 18.1 Å². The van der Waals surface area contributed by atoms with Gasteiger partial charge in [-0.2, -0.15) is 0 Å². The number of halogens is 1. The summed E-state index contributed by atoms with van der Waals surface area (Å²) in [7, 11) is 2.10. The molecule has 1 heterocycles. The fourth-order valence-electron chi connectivity index (χ4n) is 3.39. The summed E-state index contributed by atoms with van der Waals surface area (Å²) in [6.45, 7) is 2.33. The minimum absolute atomic E-state index is 0.588. The Bertz CT molecular complexity index is 394. The summed E-state index contributed by atoms with van der Waals surface area (Å²) in [4.78, 5) is 4.27. The number of hydrogen-bond donors (Lipinski definition) is 1. The van der Waals surface area contributed by atoms with Crippen LogP contribution in [-0.2, 0) is 6.42 Å². The fraction of sp³-hybridized carbons (Fsp3) is 0.688. The molecule has 0 amide bonds. The lowest BCUT2D eigenvalue weighted by atomic mass is 9.75. The van der Waals surface area contributed by atoms with Crippen LogP contribution >= 0.6 is 15.9 Å². The summed E-state index contributed by atoms with van der Waals surface area (Å²) in [6, 6.07) is 2.78. The van der Waals surface area contributed by atoms with Crippen molar-refractivity contribution in [3.05, 3.63) is 28.5 Å². The molecule has 2 rings (SSSR count). The van der Waals surface area contributed by atoms with Crippen LogP contribution in [0.5, 0.6) is 0 Å². The predicted octanol–water partition coefficient (Wildman–Crippen LogP) is 4.19. The van der Waals surface area contributed by atoms with Crippen molar-refractivity contribution in [1.82, 2.24) is 10.3 Å². The second-order valence-electron chi connectivity index (χ2n) is 5.81. The maximum absolute atomic E-state index is 4.27. The number of pyridine rings is 1. The summed E-state index contributed by atoms with van der Waals surface area (Å²) < 4.78 is 1.08. The van der Waals surface area contributed by atoms with Gasteiger partial charge in [0.15, 0.2) is 0 Å². The standard InChI is InChI=1S/C16H25BrN2/c1-3-12-5-4-6-14(7-12)16(18-2)9-13-8-15(17)11-19-10-13/h8,10-12,14,16,18H,3-7,9H2,1-2H3. The Morgan fingerprint density at radius 3 is 2.95 bits per heavy atom. The Kier molecular flexibility index (Phi) is 5.83. The van der Waals surface area contributed by atoms with Gasteiger partial charge in [0.05, 0.1) is 0 Å². The molecule has 0 spiro atoms. The smallest absolute Gasteiger partial charge is 0.0410 e. The van der Waals surface area contributed by atoms with Crippen molar-refractivity contribution >= 4 is 15.9 Å². The fourth-order valence-corrected chi connectivity index (χ4v) is 3.81. The van der Waals surface area contributed by atoms with E-state index < -0.39 is 0 Å². The van der Waals surface area contributed by atoms with Gasteiger partial charge in [0, 0.05) is 22.9 Å². The van der Waals surface area contributed by atoms with Crippen molar-refractivity contribution in [3.63, 3.8) is 0 Å². The molecular formula is C16H25BrN2. The third-order valence-corrected chi connectivity index (χ3v) is 4.99. The van der Waals surface area contributed by atoms with E-state index in [1.165, 1.54) is 37.7 Å². The van der Waals surface area contributed by atoms with Gasteiger partial charge in [-0.05, 0) is 65.7 Å². The summed E-state index contributed by atoms with van der Waals surface area (Å²) in [5.41, 5.74) is 1.33. The molecule has 0 bridgehead atoms. The van der Waals surface area contributed by atoms with E-state index in [1.807, 2.05) is 12.4 Å². The molecule has 1 aliphatic rings. The van der Waals surface area contributed by atoms with Gasteiger partial charge in [0.1, 0.15) is 0 Å². The number of nitrogens with one attached hydrogen (secondary N) is 1. The van der Waals surface area contributed by atoms with Gasteiger partial charge in [0.25, 0.3) is 0 Å². The summed E-state index contributed by atoms with van der Waals surface area (Å²) in [5.74, 6) is 1.76. The first kappa shape index (κ1) is 15.0. The molecule has 1 aliphatic carbocycles. The largest absolute Gasteiger partial charge is 0.316 e. The second-order valence-corrected chi connectivity index (χ2v) is 6.73. The number of nitrogens with zero attached hydrogens (tertiary/aromatic N) is 1. The minimum Gasteiger partial charge on any atom is -0.316 e. The molecule has 2 nitrogen and oxygen atoms in total. The molecule has 3 unspecified atom stereocenters. The highest BCUT2D eigenvalue weighted by Gasteiger charge is 2.27. The van der Waals surface area contributed by atoms with Crippen LogP contribution in [0, 0.1) is 11.8 Å². The molecule has 3 atom stereocenters. The molecule has 0 aliphatic heterocycles. The van der Waals surface area contributed by atoms with Gasteiger partial charge < -0.3 is 5.32 Å².